The lowest BCUT2D eigenvalue weighted by Crippen LogP contribution is -2.32. The summed E-state index contributed by atoms with van der Waals surface area (Å²) >= 11 is 0. The summed E-state index contributed by atoms with van der Waals surface area (Å²) in [6.07, 6.45) is 1.97. The van der Waals surface area contributed by atoms with Crippen LogP contribution in [0.25, 0.3) is 0 Å². The molecule has 0 aliphatic heterocycles. The van der Waals surface area contributed by atoms with E-state index in [-0.39, 0.29) is 22.9 Å². The monoisotopic (exact) mass is 198 g/mol. The fourth-order valence-electron chi connectivity index (χ4n) is 1.65. The molecular formula is C12H22O2. The molecule has 0 radical (unpaired) electrons. The predicted octanol–water partition coefficient (Wildman–Crippen LogP) is 3.00. The predicted molar refractivity (Wildman–Crippen MR) is 58.2 cm³/mol. The van der Waals surface area contributed by atoms with Gasteiger partial charge in [0.2, 0.25) is 0 Å². The van der Waals surface area contributed by atoms with Crippen LogP contribution in [0.5, 0.6) is 0 Å². The number of Topliss-reactive ketones (excluding diaryl/α,β-unsaturated/α-hetero) is 2. The lowest BCUT2D eigenvalue weighted by Gasteiger charge is -2.32. The Morgan fingerprint density at radius 1 is 1.29 bits per heavy atom. The summed E-state index contributed by atoms with van der Waals surface area (Å²) in [5, 5.41) is 0. The summed E-state index contributed by atoms with van der Waals surface area (Å²) in [6, 6.07) is 0. The SMILES string of the molecule is CCC(=O)CC(C)(CC)C(C)C(C)=O. The Bertz CT molecular complexity index is 220. The average molecular weight is 198 g/mol. The Balaban J connectivity index is 4.62. The fourth-order valence-corrected chi connectivity index (χ4v) is 1.65. The van der Waals surface area contributed by atoms with Gasteiger partial charge in [0.05, 0.1) is 0 Å². The number of rotatable bonds is 6. The van der Waals surface area contributed by atoms with Crippen LogP contribution < -0.4 is 0 Å². The van der Waals surface area contributed by atoms with Gasteiger partial charge in [0.25, 0.3) is 0 Å². The lowest BCUT2D eigenvalue weighted by atomic mass is 9.70. The van der Waals surface area contributed by atoms with E-state index in [1.54, 1.807) is 6.92 Å². The second kappa shape index (κ2) is 5.28. The number of hydrogen-bond acceptors (Lipinski definition) is 2. The first-order valence-electron chi connectivity index (χ1n) is 5.39. The van der Waals surface area contributed by atoms with Crippen LogP contribution in [0.3, 0.4) is 0 Å². The van der Waals surface area contributed by atoms with E-state index in [9.17, 15) is 9.59 Å². The molecule has 0 aromatic carbocycles. The van der Waals surface area contributed by atoms with Crippen molar-refractivity contribution in [2.24, 2.45) is 11.3 Å². The Morgan fingerprint density at radius 2 is 1.79 bits per heavy atom. The van der Waals surface area contributed by atoms with Crippen molar-refractivity contribution in [3.63, 3.8) is 0 Å². The van der Waals surface area contributed by atoms with Gasteiger partial charge in [-0.15, -0.1) is 0 Å². The third kappa shape index (κ3) is 3.24. The minimum Gasteiger partial charge on any atom is -0.300 e. The van der Waals surface area contributed by atoms with E-state index < -0.39 is 0 Å². The van der Waals surface area contributed by atoms with Crippen molar-refractivity contribution in [1.82, 2.24) is 0 Å². The van der Waals surface area contributed by atoms with Crippen molar-refractivity contribution in [3.05, 3.63) is 0 Å². The number of ketones is 2. The van der Waals surface area contributed by atoms with Gasteiger partial charge in [0, 0.05) is 18.8 Å². The van der Waals surface area contributed by atoms with Crippen LogP contribution >= 0.6 is 0 Å². The van der Waals surface area contributed by atoms with Crippen LogP contribution in [-0.4, -0.2) is 11.6 Å². The van der Waals surface area contributed by atoms with Gasteiger partial charge < -0.3 is 0 Å². The van der Waals surface area contributed by atoms with Crippen molar-refractivity contribution in [2.75, 3.05) is 0 Å². The van der Waals surface area contributed by atoms with Gasteiger partial charge in [-0.25, -0.2) is 0 Å². The summed E-state index contributed by atoms with van der Waals surface area (Å²) in [6.45, 7) is 9.48. The van der Waals surface area contributed by atoms with Crippen molar-refractivity contribution >= 4 is 11.6 Å². The molecule has 0 rings (SSSR count). The molecule has 2 heteroatoms. The van der Waals surface area contributed by atoms with Gasteiger partial charge in [-0.3, -0.25) is 9.59 Å². The normalized spacial score (nSPS) is 17.2. The zero-order valence-electron chi connectivity index (χ0n) is 10.0. The minimum atomic E-state index is -0.154. The average Bonchev–Trinajstić information content (AvgIpc) is 2.15. The molecular weight excluding hydrogens is 176 g/mol. The molecule has 82 valence electrons. The minimum absolute atomic E-state index is 0.0250. The zero-order chi connectivity index (χ0) is 11.4. The van der Waals surface area contributed by atoms with E-state index in [1.165, 1.54) is 0 Å². The molecule has 2 nitrogen and oxygen atoms in total. The lowest BCUT2D eigenvalue weighted by molar-refractivity contribution is -0.127. The van der Waals surface area contributed by atoms with E-state index >= 15 is 0 Å². The van der Waals surface area contributed by atoms with E-state index in [0.717, 1.165) is 6.42 Å². The first-order chi connectivity index (χ1) is 6.37. The third-order valence-corrected chi connectivity index (χ3v) is 3.46. The number of hydrogen-bond donors (Lipinski definition) is 0. The second-order valence-electron chi connectivity index (χ2n) is 4.41. The Morgan fingerprint density at radius 3 is 2.07 bits per heavy atom. The van der Waals surface area contributed by atoms with Crippen LogP contribution in [0.15, 0.2) is 0 Å². The summed E-state index contributed by atoms with van der Waals surface area (Å²) in [4.78, 5) is 22.7. The van der Waals surface area contributed by atoms with Crippen LogP contribution in [0.1, 0.15) is 53.9 Å². The highest BCUT2D eigenvalue weighted by Gasteiger charge is 2.33. The highest BCUT2D eigenvalue weighted by Crippen LogP contribution is 2.35. The van der Waals surface area contributed by atoms with Gasteiger partial charge in [-0.2, -0.15) is 0 Å². The number of carbonyl (C=O) groups is 2. The van der Waals surface area contributed by atoms with E-state index in [2.05, 4.69) is 0 Å². The summed E-state index contributed by atoms with van der Waals surface area (Å²) in [5.41, 5.74) is -0.154. The maximum Gasteiger partial charge on any atom is 0.133 e. The molecule has 2 unspecified atom stereocenters. The van der Waals surface area contributed by atoms with Crippen LogP contribution in [0.2, 0.25) is 0 Å². The van der Waals surface area contributed by atoms with E-state index in [0.29, 0.717) is 12.8 Å². The molecule has 0 amide bonds. The molecule has 0 heterocycles. The van der Waals surface area contributed by atoms with Gasteiger partial charge >= 0.3 is 0 Å². The molecule has 0 aromatic heterocycles. The smallest absolute Gasteiger partial charge is 0.133 e. The number of carbonyl (C=O) groups excluding carboxylic acids is 2. The topological polar surface area (TPSA) is 34.1 Å². The maximum absolute atomic E-state index is 11.4. The highest BCUT2D eigenvalue weighted by atomic mass is 16.1. The summed E-state index contributed by atoms with van der Waals surface area (Å²) in [5.74, 6) is 0.406. The molecule has 0 N–H and O–H groups in total. The molecule has 0 spiro atoms. The van der Waals surface area contributed by atoms with Gasteiger partial charge in [-0.05, 0) is 18.8 Å². The van der Waals surface area contributed by atoms with Crippen molar-refractivity contribution in [1.29, 1.82) is 0 Å². The molecule has 0 aliphatic carbocycles. The third-order valence-electron chi connectivity index (χ3n) is 3.46. The zero-order valence-corrected chi connectivity index (χ0v) is 10.0. The van der Waals surface area contributed by atoms with Crippen molar-refractivity contribution in [3.8, 4) is 0 Å². The molecule has 0 bridgehead atoms. The van der Waals surface area contributed by atoms with Gasteiger partial charge in [0.15, 0.2) is 0 Å². The standard InChI is InChI=1S/C12H22O2/c1-6-11(14)8-12(5,7-2)9(3)10(4)13/h9H,6-8H2,1-5H3. The quantitative estimate of drug-likeness (QED) is 0.657. The fraction of sp³-hybridized carbons (Fsp3) is 0.833. The molecule has 0 aromatic rings. The van der Waals surface area contributed by atoms with Gasteiger partial charge in [0.1, 0.15) is 11.6 Å². The van der Waals surface area contributed by atoms with Crippen LogP contribution in [-0.2, 0) is 9.59 Å². The molecule has 0 saturated carbocycles. The van der Waals surface area contributed by atoms with Crippen LogP contribution in [0.4, 0.5) is 0 Å². The van der Waals surface area contributed by atoms with Crippen LogP contribution in [0, 0.1) is 11.3 Å². The Hall–Kier alpha value is -0.660. The molecule has 0 aliphatic rings. The molecule has 14 heavy (non-hydrogen) atoms. The van der Waals surface area contributed by atoms with E-state index in [4.69, 9.17) is 0 Å². The first-order valence-corrected chi connectivity index (χ1v) is 5.39. The second-order valence-corrected chi connectivity index (χ2v) is 4.41. The first kappa shape index (κ1) is 13.3. The molecule has 0 saturated heterocycles. The van der Waals surface area contributed by atoms with Crippen molar-refractivity contribution in [2.45, 2.75) is 53.9 Å². The molecule has 0 fully saturated rings. The van der Waals surface area contributed by atoms with Crippen molar-refractivity contribution < 1.29 is 9.59 Å². The Kier molecular flexibility index (Phi) is 5.03. The van der Waals surface area contributed by atoms with E-state index in [1.807, 2.05) is 27.7 Å². The Labute approximate surface area is 87.1 Å². The summed E-state index contributed by atoms with van der Waals surface area (Å²) < 4.78 is 0. The summed E-state index contributed by atoms with van der Waals surface area (Å²) in [7, 11) is 0. The maximum atomic E-state index is 11.4. The largest absolute Gasteiger partial charge is 0.300 e. The molecule has 2 atom stereocenters. The highest BCUT2D eigenvalue weighted by molar-refractivity contribution is 5.82. The van der Waals surface area contributed by atoms with Gasteiger partial charge in [-0.1, -0.05) is 27.7 Å².